The number of hydrogen-bond acceptors (Lipinski definition) is 7. The van der Waals surface area contributed by atoms with Crippen LogP contribution in [-0.2, 0) is 11.2 Å². The highest BCUT2D eigenvalue weighted by Crippen LogP contribution is 2.36. The van der Waals surface area contributed by atoms with Crippen LogP contribution >= 0.6 is 0 Å². The van der Waals surface area contributed by atoms with Gasteiger partial charge in [-0.05, 0) is 55.2 Å². The van der Waals surface area contributed by atoms with Gasteiger partial charge in [-0.2, -0.15) is 0 Å². The first kappa shape index (κ1) is 20.4. The molecule has 1 amide bonds. The molecule has 1 unspecified atom stereocenters. The number of amides is 1. The minimum atomic E-state index is 0.0453. The van der Waals surface area contributed by atoms with E-state index < -0.39 is 0 Å². The Kier molecular flexibility index (Phi) is 5.66. The average molecular weight is 435 g/mol. The zero-order chi connectivity index (χ0) is 21.9. The highest BCUT2D eigenvalue weighted by Gasteiger charge is 2.28. The van der Waals surface area contributed by atoms with Gasteiger partial charge in [0.25, 0.3) is 0 Å². The summed E-state index contributed by atoms with van der Waals surface area (Å²) in [6, 6.07) is 13.4. The maximum Gasteiger partial charge on any atom is 0.247 e. The van der Waals surface area contributed by atoms with Crippen molar-refractivity contribution in [1.82, 2.24) is 15.1 Å². The first-order chi connectivity index (χ1) is 15.7. The molecule has 5 rings (SSSR count). The minimum absolute atomic E-state index is 0.0453. The van der Waals surface area contributed by atoms with Gasteiger partial charge in [-0.1, -0.05) is 12.1 Å². The molecule has 166 valence electrons. The summed E-state index contributed by atoms with van der Waals surface area (Å²) in [6.45, 7) is 1.59. The molecule has 8 nitrogen and oxygen atoms in total. The first-order valence-electron chi connectivity index (χ1n) is 10.8. The molecule has 0 aliphatic carbocycles. The number of nitrogens with zero attached hydrogens (tertiary/aromatic N) is 3. The van der Waals surface area contributed by atoms with E-state index in [1.54, 1.807) is 7.11 Å². The van der Waals surface area contributed by atoms with Crippen molar-refractivity contribution in [2.75, 3.05) is 27.0 Å². The molecule has 0 N–H and O–H groups in total. The molecule has 1 aromatic heterocycles. The number of hydrogen-bond donors (Lipinski definition) is 0. The fourth-order valence-electron chi connectivity index (χ4n) is 4.15. The predicted octanol–water partition coefficient (Wildman–Crippen LogP) is 3.81. The van der Waals surface area contributed by atoms with Crippen molar-refractivity contribution < 1.29 is 23.4 Å². The summed E-state index contributed by atoms with van der Waals surface area (Å²) >= 11 is 0. The van der Waals surface area contributed by atoms with Crippen molar-refractivity contribution in [2.45, 2.75) is 31.6 Å². The van der Waals surface area contributed by atoms with E-state index in [1.165, 1.54) is 0 Å². The van der Waals surface area contributed by atoms with Crippen LogP contribution < -0.4 is 14.2 Å². The molecule has 8 heteroatoms. The van der Waals surface area contributed by atoms with E-state index in [9.17, 15) is 4.79 Å². The second-order valence-electron chi connectivity index (χ2n) is 8.04. The van der Waals surface area contributed by atoms with Gasteiger partial charge in [-0.3, -0.25) is 4.79 Å². The summed E-state index contributed by atoms with van der Waals surface area (Å²) in [5, 5.41) is 8.50. The summed E-state index contributed by atoms with van der Waals surface area (Å²) in [5.41, 5.74) is 1.91. The Hall–Kier alpha value is -3.55. The first-order valence-corrected chi connectivity index (χ1v) is 10.8. The lowest BCUT2D eigenvalue weighted by Crippen LogP contribution is -2.39. The third kappa shape index (κ3) is 4.26. The topological polar surface area (TPSA) is 86.9 Å². The summed E-state index contributed by atoms with van der Waals surface area (Å²) < 4.78 is 21.9. The van der Waals surface area contributed by atoms with E-state index in [2.05, 4.69) is 10.2 Å². The van der Waals surface area contributed by atoms with Crippen molar-refractivity contribution in [3.8, 4) is 28.7 Å². The highest BCUT2D eigenvalue weighted by atomic mass is 16.7. The van der Waals surface area contributed by atoms with Crippen LogP contribution in [0.15, 0.2) is 46.9 Å². The van der Waals surface area contributed by atoms with E-state index in [4.69, 9.17) is 18.6 Å². The van der Waals surface area contributed by atoms with Crippen molar-refractivity contribution in [2.24, 2.45) is 0 Å². The highest BCUT2D eigenvalue weighted by molar-refractivity contribution is 5.76. The standard InChI is InChI=1S/C24H25N3O5/c1-29-19-8-4-16(5-9-19)6-11-22(28)27-12-2-3-18(14-27)24-26-25-23(32-24)17-7-10-20-21(13-17)31-15-30-20/h4-5,7-10,13,18H,2-3,6,11-12,14-15H2,1H3. The van der Waals surface area contributed by atoms with Gasteiger partial charge in [0, 0.05) is 25.1 Å². The molecule has 3 heterocycles. The smallest absolute Gasteiger partial charge is 0.247 e. The van der Waals surface area contributed by atoms with Crippen LogP contribution in [-0.4, -0.2) is 48.0 Å². The number of fused-ring (bicyclic) bond motifs is 1. The van der Waals surface area contributed by atoms with E-state index in [0.717, 1.165) is 36.3 Å². The van der Waals surface area contributed by atoms with Gasteiger partial charge >= 0.3 is 0 Å². The van der Waals surface area contributed by atoms with Gasteiger partial charge in [0.15, 0.2) is 11.5 Å². The molecule has 0 saturated carbocycles. The summed E-state index contributed by atoms with van der Waals surface area (Å²) in [6.07, 6.45) is 3.02. The third-order valence-electron chi connectivity index (χ3n) is 5.97. The van der Waals surface area contributed by atoms with E-state index in [-0.39, 0.29) is 18.6 Å². The SMILES string of the molecule is COc1ccc(CCC(=O)N2CCCC(c3nnc(-c4ccc5c(c4)OCO5)o3)C2)cc1. The number of aryl methyl sites for hydroxylation is 1. The van der Waals surface area contributed by atoms with Crippen molar-refractivity contribution in [1.29, 1.82) is 0 Å². The maximum absolute atomic E-state index is 12.8. The predicted molar refractivity (Wildman–Crippen MR) is 116 cm³/mol. The Labute approximate surface area is 186 Å². The zero-order valence-corrected chi connectivity index (χ0v) is 18.0. The average Bonchev–Trinajstić information content (AvgIpc) is 3.52. The second-order valence-corrected chi connectivity index (χ2v) is 8.04. The molecule has 1 saturated heterocycles. The lowest BCUT2D eigenvalue weighted by molar-refractivity contribution is -0.132. The molecule has 1 fully saturated rings. The molecule has 0 spiro atoms. The van der Waals surface area contributed by atoms with Crippen LogP contribution in [0.1, 0.15) is 36.6 Å². The molecule has 1 atom stereocenters. The number of carbonyl (C=O) groups excluding carboxylic acids is 1. The van der Waals surface area contributed by atoms with Gasteiger partial charge in [0.2, 0.25) is 24.5 Å². The molecule has 0 bridgehead atoms. The lowest BCUT2D eigenvalue weighted by Gasteiger charge is -2.31. The zero-order valence-electron chi connectivity index (χ0n) is 18.0. The summed E-state index contributed by atoms with van der Waals surface area (Å²) in [7, 11) is 1.65. The molecule has 3 aromatic rings. The number of carbonyl (C=O) groups is 1. The van der Waals surface area contributed by atoms with E-state index >= 15 is 0 Å². The monoisotopic (exact) mass is 435 g/mol. The Morgan fingerprint density at radius 3 is 2.81 bits per heavy atom. The molecule has 2 aromatic carbocycles. The maximum atomic E-state index is 12.8. The number of likely N-dealkylation sites (tertiary alicyclic amines) is 1. The van der Waals surface area contributed by atoms with Gasteiger partial charge < -0.3 is 23.5 Å². The van der Waals surface area contributed by atoms with Gasteiger partial charge in [-0.25, -0.2) is 0 Å². The summed E-state index contributed by atoms with van der Waals surface area (Å²) in [4.78, 5) is 14.7. The number of benzene rings is 2. The van der Waals surface area contributed by atoms with Crippen LogP contribution in [0, 0.1) is 0 Å². The number of ether oxygens (including phenoxy) is 3. The minimum Gasteiger partial charge on any atom is -0.497 e. The Bertz CT molecular complexity index is 1100. The van der Waals surface area contributed by atoms with Gasteiger partial charge in [0.05, 0.1) is 13.0 Å². The summed E-state index contributed by atoms with van der Waals surface area (Å²) in [5.74, 6) is 3.42. The Morgan fingerprint density at radius 1 is 1.12 bits per heavy atom. The normalized spacial score (nSPS) is 17.4. The van der Waals surface area contributed by atoms with E-state index in [0.29, 0.717) is 42.7 Å². The Balaban J connectivity index is 1.20. The number of methoxy groups -OCH3 is 1. The number of piperidine rings is 1. The van der Waals surface area contributed by atoms with Crippen molar-refractivity contribution in [3.05, 3.63) is 53.9 Å². The molecular weight excluding hydrogens is 410 g/mol. The van der Waals surface area contributed by atoms with Crippen LogP contribution in [0.4, 0.5) is 0 Å². The molecular formula is C24H25N3O5. The number of aromatic nitrogens is 2. The molecule has 32 heavy (non-hydrogen) atoms. The van der Waals surface area contributed by atoms with Gasteiger partial charge in [0.1, 0.15) is 5.75 Å². The van der Waals surface area contributed by atoms with Crippen molar-refractivity contribution >= 4 is 5.91 Å². The molecule has 2 aliphatic rings. The van der Waals surface area contributed by atoms with Crippen molar-refractivity contribution in [3.63, 3.8) is 0 Å². The lowest BCUT2D eigenvalue weighted by atomic mass is 9.97. The number of rotatable bonds is 6. The fraction of sp³-hybridized carbons (Fsp3) is 0.375. The van der Waals surface area contributed by atoms with E-state index in [1.807, 2.05) is 47.4 Å². The van der Waals surface area contributed by atoms with Gasteiger partial charge in [-0.15, -0.1) is 10.2 Å². The molecule has 2 aliphatic heterocycles. The largest absolute Gasteiger partial charge is 0.497 e. The second kappa shape index (κ2) is 8.90. The van der Waals surface area contributed by atoms with Crippen LogP contribution in [0.5, 0.6) is 17.2 Å². The quantitative estimate of drug-likeness (QED) is 0.582. The molecule has 0 radical (unpaired) electrons. The fourth-order valence-corrected chi connectivity index (χ4v) is 4.15. The van der Waals surface area contributed by atoms with Crippen LogP contribution in [0.2, 0.25) is 0 Å². The third-order valence-corrected chi connectivity index (χ3v) is 5.97. The Morgan fingerprint density at radius 2 is 1.97 bits per heavy atom. The van der Waals surface area contributed by atoms with Crippen LogP contribution in [0.3, 0.4) is 0 Å². The van der Waals surface area contributed by atoms with Crippen LogP contribution in [0.25, 0.3) is 11.5 Å².